The average molecular weight is 489 g/mol. The molecule has 0 amide bonds. The van der Waals surface area contributed by atoms with Crippen LogP contribution in [0.3, 0.4) is 0 Å². The number of rotatable bonds is 9. The third-order valence-electron chi connectivity index (χ3n) is 4.70. The van der Waals surface area contributed by atoms with Gasteiger partial charge in [0.1, 0.15) is 0 Å². The van der Waals surface area contributed by atoms with Crippen molar-refractivity contribution in [3.05, 3.63) is 34.9 Å². The standard InChI is InChI=1S/C21H35N3O2.HI/c1-4-22-21(24-15-20-7-6-17(2)14-18(20)3)23-10-5-11-26-16-19-8-12-25-13-9-19;/h6-7,14,19H,4-5,8-13,15-16H2,1-3H3,(H2,22,23,24);1H. The van der Waals surface area contributed by atoms with Crippen molar-refractivity contribution in [2.75, 3.05) is 39.5 Å². The third-order valence-corrected chi connectivity index (χ3v) is 4.70. The summed E-state index contributed by atoms with van der Waals surface area (Å²) in [4.78, 5) is 4.71. The van der Waals surface area contributed by atoms with Crippen LogP contribution in [0.1, 0.15) is 42.9 Å². The zero-order chi connectivity index (χ0) is 18.6. The molecule has 0 radical (unpaired) electrons. The molecular weight excluding hydrogens is 453 g/mol. The molecule has 0 saturated carbocycles. The van der Waals surface area contributed by atoms with Crippen LogP contribution in [0.5, 0.6) is 0 Å². The lowest BCUT2D eigenvalue weighted by Gasteiger charge is -2.21. The first-order valence-corrected chi connectivity index (χ1v) is 9.93. The van der Waals surface area contributed by atoms with E-state index in [4.69, 9.17) is 14.5 Å². The van der Waals surface area contributed by atoms with E-state index in [0.29, 0.717) is 12.5 Å². The Labute approximate surface area is 181 Å². The number of nitrogens with zero attached hydrogens (tertiary/aromatic N) is 1. The summed E-state index contributed by atoms with van der Waals surface area (Å²) in [6.45, 7) is 12.2. The van der Waals surface area contributed by atoms with Gasteiger partial charge in [0.25, 0.3) is 0 Å². The van der Waals surface area contributed by atoms with E-state index in [9.17, 15) is 0 Å². The van der Waals surface area contributed by atoms with E-state index in [1.54, 1.807) is 0 Å². The summed E-state index contributed by atoms with van der Waals surface area (Å²) in [6, 6.07) is 6.52. The molecule has 1 aromatic carbocycles. The van der Waals surface area contributed by atoms with Crippen LogP contribution in [0, 0.1) is 19.8 Å². The lowest BCUT2D eigenvalue weighted by molar-refractivity contribution is 0.0203. The molecule has 1 fully saturated rings. The van der Waals surface area contributed by atoms with Crippen LogP contribution in [-0.2, 0) is 16.0 Å². The first-order valence-electron chi connectivity index (χ1n) is 9.93. The highest BCUT2D eigenvalue weighted by atomic mass is 127. The van der Waals surface area contributed by atoms with Gasteiger partial charge in [-0.15, -0.1) is 24.0 Å². The zero-order valence-electron chi connectivity index (χ0n) is 17.1. The van der Waals surface area contributed by atoms with Crippen molar-refractivity contribution in [3.63, 3.8) is 0 Å². The molecule has 6 heteroatoms. The number of aryl methyl sites for hydroxylation is 2. The molecule has 2 rings (SSSR count). The Bertz CT molecular complexity index is 560. The normalized spacial score (nSPS) is 15.3. The Hall–Kier alpha value is -0.860. The van der Waals surface area contributed by atoms with E-state index in [1.165, 1.54) is 16.7 Å². The fourth-order valence-electron chi connectivity index (χ4n) is 3.07. The number of benzene rings is 1. The number of halogens is 1. The molecule has 0 atom stereocenters. The molecule has 2 N–H and O–H groups in total. The summed E-state index contributed by atoms with van der Waals surface area (Å²) in [5, 5.41) is 6.71. The highest BCUT2D eigenvalue weighted by Gasteiger charge is 2.13. The van der Waals surface area contributed by atoms with Gasteiger partial charge in [0.15, 0.2) is 5.96 Å². The minimum atomic E-state index is 0. The monoisotopic (exact) mass is 489 g/mol. The molecule has 0 aromatic heterocycles. The molecule has 154 valence electrons. The van der Waals surface area contributed by atoms with Gasteiger partial charge in [0, 0.05) is 39.5 Å². The lowest BCUT2D eigenvalue weighted by atomic mass is 10.0. The minimum Gasteiger partial charge on any atom is -0.381 e. The molecule has 1 saturated heterocycles. The van der Waals surface area contributed by atoms with Crippen molar-refractivity contribution in [1.29, 1.82) is 0 Å². The maximum Gasteiger partial charge on any atom is 0.191 e. The first kappa shape index (κ1) is 24.2. The van der Waals surface area contributed by atoms with E-state index >= 15 is 0 Å². The molecule has 1 aromatic rings. The summed E-state index contributed by atoms with van der Waals surface area (Å²) in [6.07, 6.45) is 3.25. The maximum absolute atomic E-state index is 5.82. The molecule has 1 heterocycles. The van der Waals surface area contributed by atoms with E-state index < -0.39 is 0 Å². The van der Waals surface area contributed by atoms with Crippen molar-refractivity contribution in [1.82, 2.24) is 10.6 Å². The Morgan fingerprint density at radius 3 is 2.70 bits per heavy atom. The molecule has 5 nitrogen and oxygen atoms in total. The number of hydrogen-bond acceptors (Lipinski definition) is 3. The molecule has 1 aliphatic rings. The molecule has 0 bridgehead atoms. The van der Waals surface area contributed by atoms with Crippen LogP contribution in [0.25, 0.3) is 0 Å². The zero-order valence-corrected chi connectivity index (χ0v) is 19.4. The van der Waals surface area contributed by atoms with Crippen molar-refractivity contribution in [2.24, 2.45) is 10.9 Å². The van der Waals surface area contributed by atoms with Gasteiger partial charge in [-0.1, -0.05) is 23.8 Å². The third kappa shape index (κ3) is 9.76. The first-order chi connectivity index (χ1) is 12.7. The quantitative estimate of drug-likeness (QED) is 0.240. The largest absolute Gasteiger partial charge is 0.381 e. The van der Waals surface area contributed by atoms with Crippen LogP contribution >= 0.6 is 24.0 Å². The van der Waals surface area contributed by atoms with E-state index in [1.807, 2.05) is 0 Å². The summed E-state index contributed by atoms with van der Waals surface area (Å²) >= 11 is 0. The van der Waals surface area contributed by atoms with Gasteiger partial charge in [-0.05, 0) is 57.1 Å². The Kier molecular flexibility index (Phi) is 12.7. The second-order valence-corrected chi connectivity index (χ2v) is 7.04. The Morgan fingerprint density at radius 1 is 1.22 bits per heavy atom. The van der Waals surface area contributed by atoms with E-state index in [0.717, 1.165) is 64.7 Å². The van der Waals surface area contributed by atoms with Gasteiger partial charge in [0.2, 0.25) is 0 Å². The van der Waals surface area contributed by atoms with Crippen molar-refractivity contribution >= 4 is 29.9 Å². The number of ether oxygens (including phenoxy) is 2. The van der Waals surface area contributed by atoms with Crippen LogP contribution < -0.4 is 10.6 Å². The molecule has 0 aliphatic carbocycles. The topological polar surface area (TPSA) is 54.9 Å². The second-order valence-electron chi connectivity index (χ2n) is 7.04. The number of hydrogen-bond donors (Lipinski definition) is 2. The highest BCUT2D eigenvalue weighted by molar-refractivity contribution is 14.0. The smallest absolute Gasteiger partial charge is 0.191 e. The van der Waals surface area contributed by atoms with Crippen molar-refractivity contribution < 1.29 is 9.47 Å². The molecule has 27 heavy (non-hydrogen) atoms. The van der Waals surface area contributed by atoms with Gasteiger partial charge in [-0.3, -0.25) is 0 Å². The number of aliphatic imine (C=N–C) groups is 1. The molecule has 0 unspecified atom stereocenters. The van der Waals surface area contributed by atoms with Crippen LogP contribution in [0.15, 0.2) is 23.2 Å². The fraction of sp³-hybridized carbons (Fsp3) is 0.667. The van der Waals surface area contributed by atoms with Gasteiger partial charge in [-0.2, -0.15) is 0 Å². The lowest BCUT2D eigenvalue weighted by Crippen LogP contribution is -2.38. The van der Waals surface area contributed by atoms with Gasteiger partial charge in [0.05, 0.1) is 6.54 Å². The van der Waals surface area contributed by atoms with Gasteiger partial charge < -0.3 is 20.1 Å². The number of guanidine groups is 1. The predicted molar refractivity (Wildman–Crippen MR) is 123 cm³/mol. The van der Waals surface area contributed by atoms with Gasteiger partial charge in [-0.25, -0.2) is 4.99 Å². The van der Waals surface area contributed by atoms with Crippen LogP contribution in [-0.4, -0.2) is 45.5 Å². The fourth-order valence-corrected chi connectivity index (χ4v) is 3.07. The molecule has 1 aliphatic heterocycles. The molecule has 0 spiro atoms. The van der Waals surface area contributed by atoms with E-state index in [-0.39, 0.29) is 24.0 Å². The maximum atomic E-state index is 5.82. The average Bonchev–Trinajstić information content (AvgIpc) is 2.64. The summed E-state index contributed by atoms with van der Waals surface area (Å²) in [5.74, 6) is 1.55. The summed E-state index contributed by atoms with van der Waals surface area (Å²) < 4.78 is 11.2. The Balaban J connectivity index is 0.00000364. The van der Waals surface area contributed by atoms with E-state index in [2.05, 4.69) is 49.6 Å². The predicted octanol–water partition coefficient (Wildman–Crippen LogP) is 3.81. The van der Waals surface area contributed by atoms with Crippen LogP contribution in [0.2, 0.25) is 0 Å². The van der Waals surface area contributed by atoms with Crippen molar-refractivity contribution in [3.8, 4) is 0 Å². The SMILES string of the molecule is CCNC(=NCc1ccc(C)cc1C)NCCCOCC1CCOCC1.I. The number of nitrogens with one attached hydrogen (secondary N) is 2. The highest BCUT2D eigenvalue weighted by Crippen LogP contribution is 2.14. The summed E-state index contributed by atoms with van der Waals surface area (Å²) in [5.41, 5.74) is 3.86. The second kappa shape index (κ2) is 14.2. The van der Waals surface area contributed by atoms with Crippen molar-refractivity contribution in [2.45, 2.75) is 46.6 Å². The Morgan fingerprint density at radius 2 is 2.00 bits per heavy atom. The van der Waals surface area contributed by atoms with Crippen LogP contribution in [0.4, 0.5) is 0 Å². The summed E-state index contributed by atoms with van der Waals surface area (Å²) in [7, 11) is 0. The molecular formula is C21H36IN3O2. The minimum absolute atomic E-state index is 0. The van der Waals surface area contributed by atoms with Gasteiger partial charge >= 0.3 is 0 Å².